The highest BCUT2D eigenvalue weighted by atomic mass is 35.5. The standard InChI is InChI=1S/C8H13ClN4O2/c9-6-3-4(8(11)13-12-6)7(15)5(14)1-2-10/h3,5,7,14-15H,1-2,10H2,(H2,11,13). The third-order valence-corrected chi connectivity index (χ3v) is 2.15. The molecule has 6 nitrogen and oxygen atoms in total. The Labute approximate surface area is 91.9 Å². The molecule has 7 heteroatoms. The van der Waals surface area contributed by atoms with Crippen LogP contribution in [0.2, 0.25) is 5.15 Å². The lowest BCUT2D eigenvalue weighted by Gasteiger charge is -2.18. The first-order chi connectivity index (χ1) is 7.06. The number of rotatable bonds is 4. The summed E-state index contributed by atoms with van der Waals surface area (Å²) in [4.78, 5) is 0. The van der Waals surface area contributed by atoms with Crippen LogP contribution in [0, 0.1) is 0 Å². The lowest BCUT2D eigenvalue weighted by atomic mass is 10.0. The number of aliphatic hydroxyl groups is 2. The molecule has 0 saturated heterocycles. The predicted octanol–water partition coefficient (Wildman–Crippen LogP) is -0.545. The average molecular weight is 233 g/mol. The third kappa shape index (κ3) is 3.00. The monoisotopic (exact) mass is 232 g/mol. The summed E-state index contributed by atoms with van der Waals surface area (Å²) in [6, 6.07) is 1.37. The minimum absolute atomic E-state index is 0.0444. The summed E-state index contributed by atoms with van der Waals surface area (Å²) < 4.78 is 0. The normalized spacial score (nSPS) is 14.9. The second-order valence-corrected chi connectivity index (χ2v) is 3.48. The average Bonchev–Trinajstić information content (AvgIpc) is 2.21. The van der Waals surface area contributed by atoms with Gasteiger partial charge in [0.05, 0.1) is 6.10 Å². The molecule has 0 fully saturated rings. The van der Waals surface area contributed by atoms with Crippen LogP contribution in [0.25, 0.3) is 0 Å². The van der Waals surface area contributed by atoms with E-state index < -0.39 is 12.2 Å². The number of nitrogen functional groups attached to an aromatic ring is 1. The SMILES string of the molecule is NCCC(O)C(O)c1cc(Cl)nnc1N. The van der Waals surface area contributed by atoms with E-state index in [4.69, 9.17) is 23.1 Å². The number of anilines is 1. The number of halogens is 1. The van der Waals surface area contributed by atoms with Crippen molar-refractivity contribution in [2.24, 2.45) is 5.73 Å². The summed E-state index contributed by atoms with van der Waals surface area (Å²) in [7, 11) is 0. The van der Waals surface area contributed by atoms with E-state index in [1.807, 2.05) is 0 Å². The topological polar surface area (TPSA) is 118 Å². The van der Waals surface area contributed by atoms with E-state index in [2.05, 4.69) is 10.2 Å². The van der Waals surface area contributed by atoms with Gasteiger partial charge in [0, 0.05) is 5.56 Å². The zero-order chi connectivity index (χ0) is 11.4. The summed E-state index contributed by atoms with van der Waals surface area (Å²) in [5.41, 5.74) is 11.0. The Balaban J connectivity index is 2.89. The second kappa shape index (κ2) is 5.22. The van der Waals surface area contributed by atoms with Gasteiger partial charge in [-0.2, -0.15) is 0 Å². The second-order valence-electron chi connectivity index (χ2n) is 3.10. The smallest absolute Gasteiger partial charge is 0.152 e. The van der Waals surface area contributed by atoms with Crippen LogP contribution >= 0.6 is 11.6 Å². The predicted molar refractivity (Wildman–Crippen MR) is 56.1 cm³/mol. The maximum Gasteiger partial charge on any atom is 0.152 e. The molecule has 0 bridgehead atoms. The minimum atomic E-state index is -1.15. The van der Waals surface area contributed by atoms with Crippen molar-refractivity contribution in [2.75, 3.05) is 12.3 Å². The molecule has 2 unspecified atom stereocenters. The maximum atomic E-state index is 9.71. The largest absolute Gasteiger partial charge is 0.390 e. The molecule has 0 spiro atoms. The van der Waals surface area contributed by atoms with Crippen molar-refractivity contribution >= 4 is 17.4 Å². The van der Waals surface area contributed by atoms with E-state index in [1.54, 1.807) is 0 Å². The van der Waals surface area contributed by atoms with E-state index in [9.17, 15) is 10.2 Å². The molecular weight excluding hydrogens is 220 g/mol. The first-order valence-electron chi connectivity index (χ1n) is 4.41. The molecule has 15 heavy (non-hydrogen) atoms. The molecule has 2 atom stereocenters. The molecule has 84 valence electrons. The fraction of sp³-hybridized carbons (Fsp3) is 0.500. The number of hydrogen-bond acceptors (Lipinski definition) is 6. The van der Waals surface area contributed by atoms with Crippen molar-refractivity contribution in [3.63, 3.8) is 0 Å². The van der Waals surface area contributed by atoms with Crippen LogP contribution < -0.4 is 11.5 Å². The molecule has 0 saturated carbocycles. The molecule has 1 aromatic heterocycles. The minimum Gasteiger partial charge on any atom is -0.390 e. The quantitative estimate of drug-likeness (QED) is 0.554. The molecule has 1 aromatic rings. The fourth-order valence-electron chi connectivity index (χ4n) is 1.16. The fourth-order valence-corrected chi connectivity index (χ4v) is 1.32. The lowest BCUT2D eigenvalue weighted by molar-refractivity contribution is 0.0152. The summed E-state index contributed by atoms with van der Waals surface area (Å²) >= 11 is 5.60. The lowest BCUT2D eigenvalue weighted by Crippen LogP contribution is -2.23. The maximum absolute atomic E-state index is 9.71. The molecular formula is C8H13ClN4O2. The van der Waals surface area contributed by atoms with Gasteiger partial charge in [0.2, 0.25) is 0 Å². The number of aliphatic hydroxyl groups excluding tert-OH is 2. The Morgan fingerprint density at radius 2 is 2.07 bits per heavy atom. The summed E-state index contributed by atoms with van der Waals surface area (Å²) in [6.45, 7) is 0.268. The van der Waals surface area contributed by atoms with Crippen molar-refractivity contribution in [2.45, 2.75) is 18.6 Å². The molecule has 0 amide bonds. The van der Waals surface area contributed by atoms with Crippen molar-refractivity contribution in [1.29, 1.82) is 0 Å². The van der Waals surface area contributed by atoms with Crippen molar-refractivity contribution in [3.05, 3.63) is 16.8 Å². The zero-order valence-corrected chi connectivity index (χ0v) is 8.72. The van der Waals surface area contributed by atoms with Crippen molar-refractivity contribution in [3.8, 4) is 0 Å². The van der Waals surface area contributed by atoms with Crippen LogP contribution in [-0.2, 0) is 0 Å². The van der Waals surface area contributed by atoms with Gasteiger partial charge in [-0.1, -0.05) is 11.6 Å². The zero-order valence-electron chi connectivity index (χ0n) is 7.97. The molecule has 1 heterocycles. The van der Waals surface area contributed by atoms with Gasteiger partial charge in [0.15, 0.2) is 11.0 Å². The van der Waals surface area contributed by atoms with Gasteiger partial charge in [-0.3, -0.25) is 0 Å². The van der Waals surface area contributed by atoms with E-state index in [-0.39, 0.29) is 29.5 Å². The van der Waals surface area contributed by atoms with Gasteiger partial charge in [0.25, 0.3) is 0 Å². The van der Waals surface area contributed by atoms with Crippen LogP contribution in [0.1, 0.15) is 18.1 Å². The van der Waals surface area contributed by atoms with Gasteiger partial charge in [-0.25, -0.2) is 0 Å². The van der Waals surface area contributed by atoms with E-state index in [0.29, 0.717) is 0 Å². The first-order valence-corrected chi connectivity index (χ1v) is 4.79. The Hall–Kier alpha value is -0.950. The highest BCUT2D eigenvalue weighted by Crippen LogP contribution is 2.24. The summed E-state index contributed by atoms with van der Waals surface area (Å²) in [5.74, 6) is 0.0444. The Morgan fingerprint density at radius 3 is 2.67 bits per heavy atom. The summed E-state index contributed by atoms with van der Waals surface area (Å²) in [5, 5.41) is 26.4. The van der Waals surface area contributed by atoms with Crippen molar-refractivity contribution in [1.82, 2.24) is 10.2 Å². The summed E-state index contributed by atoms with van der Waals surface area (Å²) in [6.07, 6.45) is -1.88. The van der Waals surface area contributed by atoms with Crippen LogP contribution in [0.3, 0.4) is 0 Å². The first kappa shape index (κ1) is 12.1. The van der Waals surface area contributed by atoms with E-state index in [1.165, 1.54) is 6.07 Å². The number of nitrogens with zero attached hydrogens (tertiary/aromatic N) is 2. The van der Waals surface area contributed by atoms with Gasteiger partial charge in [-0.05, 0) is 19.0 Å². The highest BCUT2D eigenvalue weighted by molar-refractivity contribution is 6.29. The van der Waals surface area contributed by atoms with Crippen LogP contribution in [-0.4, -0.2) is 33.1 Å². The van der Waals surface area contributed by atoms with Crippen LogP contribution in [0.15, 0.2) is 6.07 Å². The molecule has 0 aromatic carbocycles. The van der Waals surface area contributed by atoms with Crippen LogP contribution in [0.4, 0.5) is 5.82 Å². The van der Waals surface area contributed by atoms with Gasteiger partial charge >= 0.3 is 0 Å². The third-order valence-electron chi connectivity index (χ3n) is 1.97. The molecule has 0 aliphatic rings. The molecule has 0 radical (unpaired) electrons. The Kier molecular flexibility index (Phi) is 4.22. The van der Waals surface area contributed by atoms with Crippen molar-refractivity contribution < 1.29 is 10.2 Å². The Morgan fingerprint density at radius 1 is 1.40 bits per heavy atom. The highest BCUT2D eigenvalue weighted by Gasteiger charge is 2.21. The van der Waals surface area contributed by atoms with Gasteiger partial charge < -0.3 is 21.7 Å². The number of hydrogen-bond donors (Lipinski definition) is 4. The number of aromatic nitrogens is 2. The molecule has 0 aliphatic heterocycles. The molecule has 1 rings (SSSR count). The van der Waals surface area contributed by atoms with Gasteiger partial charge in [0.1, 0.15) is 6.10 Å². The molecule has 6 N–H and O–H groups in total. The van der Waals surface area contributed by atoms with E-state index >= 15 is 0 Å². The Bertz CT molecular complexity index is 336. The van der Waals surface area contributed by atoms with E-state index in [0.717, 1.165) is 0 Å². The van der Waals surface area contributed by atoms with Gasteiger partial charge in [-0.15, -0.1) is 10.2 Å². The van der Waals surface area contributed by atoms with Crippen LogP contribution in [0.5, 0.6) is 0 Å². The molecule has 0 aliphatic carbocycles. The number of nitrogens with two attached hydrogens (primary N) is 2.